The lowest BCUT2D eigenvalue weighted by Crippen LogP contribution is -2.31. The summed E-state index contributed by atoms with van der Waals surface area (Å²) in [4.78, 5) is 27.2. The third-order valence-electron chi connectivity index (χ3n) is 3.20. The molecule has 126 valence electrons. The fourth-order valence-corrected chi connectivity index (χ4v) is 2.02. The van der Waals surface area contributed by atoms with E-state index >= 15 is 0 Å². The van der Waals surface area contributed by atoms with E-state index in [1.54, 1.807) is 0 Å². The summed E-state index contributed by atoms with van der Waals surface area (Å²) in [6.45, 7) is 0. The molecule has 0 radical (unpaired) electrons. The number of ether oxygens (including phenoxy) is 1. The fourth-order valence-electron chi connectivity index (χ4n) is 2.02. The third kappa shape index (κ3) is 4.31. The zero-order valence-electron chi connectivity index (χ0n) is 12.6. The van der Waals surface area contributed by atoms with E-state index in [2.05, 4.69) is 15.0 Å². The molecule has 0 saturated heterocycles. The van der Waals surface area contributed by atoms with E-state index in [1.165, 1.54) is 0 Å². The number of esters is 1. The lowest BCUT2D eigenvalue weighted by molar-refractivity contribution is -0.141. The Morgan fingerprint density at radius 1 is 1.17 bits per heavy atom. The maximum absolute atomic E-state index is 14.0. The first-order valence-corrected chi connectivity index (χ1v) is 6.85. The number of hydrogen-bond acceptors (Lipinski definition) is 4. The molecule has 5 nitrogen and oxygen atoms in total. The van der Waals surface area contributed by atoms with Gasteiger partial charge in [-0.05, 0) is 18.2 Å². The van der Waals surface area contributed by atoms with Gasteiger partial charge in [-0.2, -0.15) is 0 Å². The Morgan fingerprint density at radius 3 is 2.46 bits per heavy atom. The summed E-state index contributed by atoms with van der Waals surface area (Å²) in [6, 6.07) is 3.84. The first kappa shape index (κ1) is 17.5. The van der Waals surface area contributed by atoms with Gasteiger partial charge < -0.3 is 10.1 Å². The predicted molar refractivity (Wildman–Crippen MR) is 77.4 cm³/mol. The number of carbonyl (C=O) groups excluding carboxylic acids is 2. The van der Waals surface area contributed by atoms with Crippen LogP contribution in [0.25, 0.3) is 0 Å². The molecule has 8 heteroatoms. The van der Waals surface area contributed by atoms with Gasteiger partial charge in [0, 0.05) is 11.6 Å². The Bertz CT molecular complexity index is 751. The SMILES string of the molecule is COC(=O)C[C@H](NC(=O)c1ccc(F)cn1)c1ccc(F)cc1F. The number of aromatic nitrogens is 1. The molecule has 0 unspecified atom stereocenters. The molecule has 0 aliphatic rings. The van der Waals surface area contributed by atoms with Gasteiger partial charge in [0.05, 0.1) is 25.8 Å². The number of nitrogens with one attached hydrogen (secondary N) is 1. The summed E-state index contributed by atoms with van der Waals surface area (Å²) in [7, 11) is 1.14. The Kier molecular flexibility index (Phi) is 5.51. The van der Waals surface area contributed by atoms with Gasteiger partial charge in [0.15, 0.2) is 0 Å². The lowest BCUT2D eigenvalue weighted by atomic mass is 10.0. The van der Waals surface area contributed by atoms with Crippen LogP contribution in [0.1, 0.15) is 28.5 Å². The first-order chi connectivity index (χ1) is 11.4. The molecule has 0 aliphatic heterocycles. The molecule has 2 aromatic rings. The largest absolute Gasteiger partial charge is 0.469 e. The van der Waals surface area contributed by atoms with E-state index < -0.39 is 35.4 Å². The van der Waals surface area contributed by atoms with Crippen molar-refractivity contribution in [3.8, 4) is 0 Å². The topological polar surface area (TPSA) is 68.3 Å². The normalized spacial score (nSPS) is 11.7. The van der Waals surface area contributed by atoms with Crippen molar-refractivity contribution in [1.29, 1.82) is 0 Å². The van der Waals surface area contributed by atoms with Crippen LogP contribution in [-0.2, 0) is 9.53 Å². The van der Waals surface area contributed by atoms with E-state index in [0.29, 0.717) is 6.07 Å². The Morgan fingerprint density at radius 2 is 1.88 bits per heavy atom. The smallest absolute Gasteiger partial charge is 0.307 e. The molecule has 1 aromatic heterocycles. The number of rotatable bonds is 5. The van der Waals surface area contributed by atoms with Gasteiger partial charge in [-0.25, -0.2) is 18.2 Å². The molecule has 2 rings (SSSR count). The van der Waals surface area contributed by atoms with Crippen molar-refractivity contribution in [1.82, 2.24) is 10.3 Å². The molecule has 1 heterocycles. The second-order valence-electron chi connectivity index (χ2n) is 4.83. The van der Waals surface area contributed by atoms with Gasteiger partial charge in [-0.3, -0.25) is 9.59 Å². The number of pyridine rings is 1. The van der Waals surface area contributed by atoms with Crippen LogP contribution in [0.3, 0.4) is 0 Å². The molecule has 0 fully saturated rings. The summed E-state index contributed by atoms with van der Waals surface area (Å²) in [5.74, 6) is -3.78. The monoisotopic (exact) mass is 338 g/mol. The van der Waals surface area contributed by atoms with E-state index in [9.17, 15) is 22.8 Å². The number of amides is 1. The van der Waals surface area contributed by atoms with Crippen LogP contribution >= 0.6 is 0 Å². The maximum atomic E-state index is 14.0. The van der Waals surface area contributed by atoms with Crippen molar-refractivity contribution in [2.45, 2.75) is 12.5 Å². The zero-order valence-corrected chi connectivity index (χ0v) is 12.6. The van der Waals surface area contributed by atoms with Gasteiger partial charge in [0.2, 0.25) is 0 Å². The molecular weight excluding hydrogens is 325 g/mol. The minimum Gasteiger partial charge on any atom is -0.469 e. The molecule has 0 spiro atoms. The highest BCUT2D eigenvalue weighted by atomic mass is 19.1. The van der Waals surface area contributed by atoms with Crippen molar-refractivity contribution >= 4 is 11.9 Å². The Hall–Kier alpha value is -2.90. The zero-order chi connectivity index (χ0) is 17.7. The summed E-state index contributed by atoms with van der Waals surface area (Å²) >= 11 is 0. The van der Waals surface area contributed by atoms with Crippen LogP contribution in [-0.4, -0.2) is 24.0 Å². The number of halogens is 3. The third-order valence-corrected chi connectivity index (χ3v) is 3.20. The van der Waals surface area contributed by atoms with Crippen molar-refractivity contribution in [3.63, 3.8) is 0 Å². The van der Waals surface area contributed by atoms with Crippen LogP contribution in [0.2, 0.25) is 0 Å². The van der Waals surface area contributed by atoms with Crippen LogP contribution < -0.4 is 5.32 Å². The molecule has 0 aliphatic carbocycles. The van der Waals surface area contributed by atoms with Crippen molar-refractivity contribution in [3.05, 3.63) is 65.2 Å². The van der Waals surface area contributed by atoms with Gasteiger partial charge in [-0.1, -0.05) is 6.07 Å². The van der Waals surface area contributed by atoms with E-state index in [-0.39, 0.29) is 17.7 Å². The molecular formula is C16H13F3N2O3. The molecule has 1 aromatic carbocycles. The molecule has 24 heavy (non-hydrogen) atoms. The molecule has 1 atom stereocenters. The quantitative estimate of drug-likeness (QED) is 0.851. The minimum absolute atomic E-state index is 0.0859. The van der Waals surface area contributed by atoms with Crippen LogP contribution in [0.15, 0.2) is 36.5 Å². The molecule has 0 bridgehead atoms. The van der Waals surface area contributed by atoms with Crippen LogP contribution in [0.5, 0.6) is 0 Å². The van der Waals surface area contributed by atoms with Crippen molar-refractivity contribution < 1.29 is 27.5 Å². The molecule has 1 N–H and O–H groups in total. The van der Waals surface area contributed by atoms with Gasteiger partial charge in [0.25, 0.3) is 5.91 Å². The fraction of sp³-hybridized carbons (Fsp3) is 0.188. The predicted octanol–water partition coefficient (Wildman–Crippen LogP) is 2.53. The van der Waals surface area contributed by atoms with Gasteiger partial charge >= 0.3 is 5.97 Å². The number of carbonyl (C=O) groups is 2. The Balaban J connectivity index is 2.27. The summed E-state index contributed by atoms with van der Waals surface area (Å²) in [5, 5.41) is 2.41. The maximum Gasteiger partial charge on any atom is 0.307 e. The van der Waals surface area contributed by atoms with Crippen molar-refractivity contribution in [2.75, 3.05) is 7.11 Å². The average molecular weight is 338 g/mol. The summed E-state index contributed by atoms with van der Waals surface area (Å²) in [5.41, 5.74) is -0.203. The van der Waals surface area contributed by atoms with Crippen LogP contribution in [0, 0.1) is 17.5 Å². The van der Waals surface area contributed by atoms with Crippen molar-refractivity contribution in [2.24, 2.45) is 0 Å². The Labute approximate surface area is 135 Å². The van der Waals surface area contributed by atoms with Gasteiger partial charge in [-0.15, -0.1) is 0 Å². The van der Waals surface area contributed by atoms with E-state index in [4.69, 9.17) is 0 Å². The number of benzene rings is 1. The number of hydrogen-bond donors (Lipinski definition) is 1. The second-order valence-corrected chi connectivity index (χ2v) is 4.83. The van der Waals surface area contributed by atoms with E-state index in [0.717, 1.165) is 37.6 Å². The second kappa shape index (κ2) is 7.58. The minimum atomic E-state index is -1.10. The highest BCUT2D eigenvalue weighted by Gasteiger charge is 2.23. The lowest BCUT2D eigenvalue weighted by Gasteiger charge is -2.18. The highest BCUT2D eigenvalue weighted by molar-refractivity contribution is 5.92. The van der Waals surface area contributed by atoms with Crippen LogP contribution in [0.4, 0.5) is 13.2 Å². The molecule has 0 saturated carbocycles. The van der Waals surface area contributed by atoms with E-state index in [1.807, 2.05) is 0 Å². The summed E-state index contributed by atoms with van der Waals surface area (Å²) < 4.78 is 44.4. The number of methoxy groups -OCH3 is 1. The average Bonchev–Trinajstić information content (AvgIpc) is 2.54. The standard InChI is InChI=1S/C16H13F3N2O3/c1-24-15(22)7-14(11-4-2-9(17)6-12(11)19)21-16(23)13-5-3-10(18)8-20-13/h2-6,8,14H,7H2,1H3,(H,21,23)/t14-/m0/s1. The van der Waals surface area contributed by atoms with Gasteiger partial charge in [0.1, 0.15) is 23.1 Å². The summed E-state index contributed by atoms with van der Waals surface area (Å²) in [6.07, 6.45) is 0.481. The first-order valence-electron chi connectivity index (χ1n) is 6.85. The highest BCUT2D eigenvalue weighted by Crippen LogP contribution is 2.22. The molecule has 1 amide bonds. The number of nitrogens with zero attached hydrogens (tertiary/aromatic N) is 1.